The standard InChI is InChI=1S/C19H29I/c1-18-11-4-3-5-13(18)6-7-14-15-8-9-17(20)19(15,2)12-10-16(14)18/h9,13-16H,3-8,10-12H2,1-2H3/t13?,14-,15-,16-,18-,19-/m0/s1. The van der Waals surface area contributed by atoms with Gasteiger partial charge < -0.3 is 0 Å². The summed E-state index contributed by atoms with van der Waals surface area (Å²) >= 11 is 2.65. The maximum absolute atomic E-state index is 2.68. The zero-order valence-electron chi connectivity index (χ0n) is 13.1. The van der Waals surface area contributed by atoms with E-state index in [1.807, 2.05) is 0 Å². The Labute approximate surface area is 138 Å². The third-order valence-electron chi connectivity index (χ3n) is 8.07. The van der Waals surface area contributed by atoms with Crippen LogP contribution in [0.25, 0.3) is 0 Å². The van der Waals surface area contributed by atoms with Crippen LogP contribution in [0, 0.1) is 34.5 Å². The maximum Gasteiger partial charge on any atom is 0.00135 e. The minimum absolute atomic E-state index is 0.555. The van der Waals surface area contributed by atoms with Gasteiger partial charge in [0.1, 0.15) is 0 Å². The smallest absolute Gasteiger partial charge is 0.00135 e. The summed E-state index contributed by atoms with van der Waals surface area (Å²) in [6, 6.07) is 0. The molecule has 0 saturated heterocycles. The lowest BCUT2D eigenvalue weighted by Gasteiger charge is -2.60. The van der Waals surface area contributed by atoms with Crippen LogP contribution in [0.1, 0.15) is 71.6 Å². The molecule has 0 nitrogen and oxygen atoms in total. The van der Waals surface area contributed by atoms with Gasteiger partial charge in [-0.1, -0.05) is 32.8 Å². The van der Waals surface area contributed by atoms with Crippen LogP contribution in [-0.2, 0) is 0 Å². The van der Waals surface area contributed by atoms with Crippen molar-refractivity contribution in [1.82, 2.24) is 0 Å². The van der Waals surface area contributed by atoms with Gasteiger partial charge >= 0.3 is 0 Å². The highest BCUT2D eigenvalue weighted by molar-refractivity contribution is 14.1. The molecule has 6 atom stereocenters. The largest absolute Gasteiger partial charge is 0.0743 e. The number of hydrogen-bond donors (Lipinski definition) is 0. The fourth-order valence-electron chi connectivity index (χ4n) is 6.81. The molecule has 20 heavy (non-hydrogen) atoms. The molecule has 1 unspecified atom stereocenters. The van der Waals surface area contributed by atoms with Crippen molar-refractivity contribution in [3.63, 3.8) is 0 Å². The molecule has 0 aromatic heterocycles. The first-order valence-electron chi connectivity index (χ1n) is 8.92. The van der Waals surface area contributed by atoms with E-state index >= 15 is 0 Å². The Bertz CT molecular complexity index is 439. The molecule has 0 heterocycles. The fourth-order valence-corrected chi connectivity index (χ4v) is 7.73. The van der Waals surface area contributed by atoms with E-state index in [1.54, 1.807) is 16.4 Å². The molecule has 4 rings (SSSR count). The molecular weight excluding hydrogens is 355 g/mol. The third kappa shape index (κ3) is 1.77. The quantitative estimate of drug-likeness (QED) is 0.427. The van der Waals surface area contributed by atoms with Crippen molar-refractivity contribution in [1.29, 1.82) is 0 Å². The monoisotopic (exact) mass is 384 g/mol. The molecule has 1 heteroatoms. The Morgan fingerprint density at radius 2 is 1.85 bits per heavy atom. The Kier molecular flexibility index (Phi) is 3.33. The second kappa shape index (κ2) is 4.73. The second-order valence-corrected chi connectivity index (χ2v) is 9.81. The molecule has 112 valence electrons. The summed E-state index contributed by atoms with van der Waals surface area (Å²) in [4.78, 5) is 0. The van der Waals surface area contributed by atoms with Gasteiger partial charge in [-0.05, 0) is 100 Å². The normalized spacial score (nSPS) is 54.6. The van der Waals surface area contributed by atoms with Crippen LogP contribution in [0.3, 0.4) is 0 Å². The van der Waals surface area contributed by atoms with Gasteiger partial charge in [-0.3, -0.25) is 0 Å². The van der Waals surface area contributed by atoms with E-state index in [9.17, 15) is 0 Å². The maximum atomic E-state index is 2.68. The van der Waals surface area contributed by atoms with E-state index in [4.69, 9.17) is 0 Å². The first kappa shape index (κ1) is 14.1. The molecule has 0 N–H and O–H groups in total. The molecule has 3 saturated carbocycles. The average molecular weight is 384 g/mol. The summed E-state index contributed by atoms with van der Waals surface area (Å²) in [5.74, 6) is 4.13. The van der Waals surface area contributed by atoms with E-state index in [-0.39, 0.29) is 0 Å². The molecule has 0 bridgehead atoms. The number of halogens is 1. The van der Waals surface area contributed by atoms with Gasteiger partial charge in [0.25, 0.3) is 0 Å². The average Bonchev–Trinajstić information content (AvgIpc) is 2.74. The van der Waals surface area contributed by atoms with Crippen molar-refractivity contribution in [2.75, 3.05) is 0 Å². The lowest BCUT2D eigenvalue weighted by molar-refractivity contribution is -0.0972. The van der Waals surface area contributed by atoms with Crippen LogP contribution in [0.4, 0.5) is 0 Å². The highest BCUT2D eigenvalue weighted by atomic mass is 127. The summed E-state index contributed by atoms with van der Waals surface area (Å²) in [5.41, 5.74) is 1.26. The van der Waals surface area contributed by atoms with Crippen LogP contribution in [0.5, 0.6) is 0 Å². The molecule has 0 aromatic carbocycles. The van der Waals surface area contributed by atoms with Crippen molar-refractivity contribution in [3.05, 3.63) is 9.66 Å². The van der Waals surface area contributed by atoms with E-state index in [0.717, 1.165) is 23.7 Å². The summed E-state index contributed by atoms with van der Waals surface area (Å²) in [5, 5.41) is 0. The molecule has 4 aliphatic rings. The van der Waals surface area contributed by atoms with E-state index < -0.39 is 0 Å². The van der Waals surface area contributed by atoms with E-state index in [2.05, 4.69) is 42.5 Å². The first-order chi connectivity index (χ1) is 9.56. The van der Waals surface area contributed by atoms with Gasteiger partial charge in [0.2, 0.25) is 0 Å². The summed E-state index contributed by atoms with van der Waals surface area (Å²) in [7, 11) is 0. The van der Waals surface area contributed by atoms with Gasteiger partial charge in [-0.2, -0.15) is 0 Å². The predicted molar refractivity (Wildman–Crippen MR) is 93.8 cm³/mol. The van der Waals surface area contributed by atoms with Crippen LogP contribution < -0.4 is 0 Å². The predicted octanol–water partition coefficient (Wildman–Crippen LogP) is 6.35. The third-order valence-corrected chi connectivity index (χ3v) is 9.74. The highest BCUT2D eigenvalue weighted by Gasteiger charge is 2.57. The number of allylic oxidation sites excluding steroid dienone is 2. The molecule has 0 radical (unpaired) electrons. The molecule has 0 amide bonds. The van der Waals surface area contributed by atoms with Gasteiger partial charge in [-0.15, -0.1) is 0 Å². The lowest BCUT2D eigenvalue weighted by Crippen LogP contribution is -2.52. The van der Waals surface area contributed by atoms with E-state index in [0.29, 0.717) is 10.8 Å². The van der Waals surface area contributed by atoms with Crippen molar-refractivity contribution in [2.45, 2.75) is 71.6 Å². The van der Waals surface area contributed by atoms with Gasteiger partial charge in [-0.25, -0.2) is 0 Å². The minimum Gasteiger partial charge on any atom is -0.0743 e. The zero-order chi connectivity index (χ0) is 14.0. The lowest BCUT2D eigenvalue weighted by atomic mass is 9.45. The van der Waals surface area contributed by atoms with Crippen LogP contribution in [0.15, 0.2) is 9.66 Å². The molecule has 0 aromatic rings. The van der Waals surface area contributed by atoms with Crippen LogP contribution in [0.2, 0.25) is 0 Å². The van der Waals surface area contributed by atoms with Crippen molar-refractivity contribution < 1.29 is 0 Å². The Hall–Kier alpha value is 0.470. The first-order valence-corrected chi connectivity index (χ1v) is 10.00. The molecule has 0 spiro atoms. The number of hydrogen-bond acceptors (Lipinski definition) is 0. The minimum atomic E-state index is 0.555. The second-order valence-electron chi connectivity index (χ2n) is 8.65. The summed E-state index contributed by atoms with van der Waals surface area (Å²) < 4.78 is 1.69. The Morgan fingerprint density at radius 1 is 1.00 bits per heavy atom. The molecule has 3 fully saturated rings. The highest BCUT2D eigenvalue weighted by Crippen LogP contribution is 2.66. The zero-order valence-corrected chi connectivity index (χ0v) is 15.3. The van der Waals surface area contributed by atoms with Gasteiger partial charge in [0, 0.05) is 5.41 Å². The van der Waals surface area contributed by atoms with Crippen molar-refractivity contribution in [2.24, 2.45) is 34.5 Å². The van der Waals surface area contributed by atoms with Crippen LogP contribution >= 0.6 is 22.6 Å². The van der Waals surface area contributed by atoms with Crippen LogP contribution in [-0.4, -0.2) is 0 Å². The van der Waals surface area contributed by atoms with E-state index in [1.165, 1.54) is 44.9 Å². The summed E-state index contributed by atoms with van der Waals surface area (Å²) in [6.07, 6.45) is 16.1. The molecule has 0 aliphatic heterocycles. The Morgan fingerprint density at radius 3 is 2.70 bits per heavy atom. The molecule has 4 aliphatic carbocycles. The Balaban J connectivity index is 1.65. The topological polar surface area (TPSA) is 0 Å². The number of rotatable bonds is 0. The van der Waals surface area contributed by atoms with Gasteiger partial charge in [0.05, 0.1) is 0 Å². The molecular formula is C19H29I. The fraction of sp³-hybridized carbons (Fsp3) is 0.895. The SMILES string of the molecule is C[C@]12CCCCC1CC[C@@H]1[C@@H]2CC[C@]2(C)C(I)=CC[C@@H]12. The van der Waals surface area contributed by atoms with Gasteiger partial charge in [0.15, 0.2) is 0 Å². The van der Waals surface area contributed by atoms with Crippen molar-refractivity contribution >= 4 is 22.6 Å². The number of fused-ring (bicyclic) bond motifs is 5. The summed E-state index contributed by atoms with van der Waals surface area (Å²) in [6.45, 7) is 5.26. The van der Waals surface area contributed by atoms with Crippen molar-refractivity contribution in [3.8, 4) is 0 Å².